The lowest BCUT2D eigenvalue weighted by molar-refractivity contribution is -0.152. The molecule has 1 unspecified atom stereocenters. The van der Waals surface area contributed by atoms with E-state index in [1.54, 1.807) is 0 Å². The Kier molecular flexibility index (Phi) is 4.95. The van der Waals surface area contributed by atoms with E-state index in [2.05, 4.69) is 0 Å². The van der Waals surface area contributed by atoms with Gasteiger partial charge in [0.05, 0.1) is 11.2 Å². The number of ether oxygens (including phenoxy) is 2. The highest BCUT2D eigenvalue weighted by atomic mass is 19.4. The van der Waals surface area contributed by atoms with Crippen LogP contribution in [-0.4, -0.2) is 25.6 Å². The summed E-state index contributed by atoms with van der Waals surface area (Å²) in [4.78, 5) is 0. The Labute approximate surface area is 110 Å². The molecule has 19 heavy (non-hydrogen) atoms. The van der Waals surface area contributed by atoms with E-state index in [-0.39, 0.29) is 12.0 Å². The van der Waals surface area contributed by atoms with Gasteiger partial charge in [-0.1, -0.05) is 18.2 Å². The van der Waals surface area contributed by atoms with E-state index in [0.29, 0.717) is 0 Å². The summed E-state index contributed by atoms with van der Waals surface area (Å²) in [6.45, 7) is 1.31. The van der Waals surface area contributed by atoms with Crippen molar-refractivity contribution in [3.8, 4) is 0 Å². The normalized spacial score (nSPS) is 15.6. The number of aliphatic hydroxyl groups is 1. The Balaban J connectivity index is 3.14. The minimum atomic E-state index is -4.52. The fourth-order valence-electron chi connectivity index (χ4n) is 1.90. The van der Waals surface area contributed by atoms with Gasteiger partial charge in [0.25, 0.3) is 0 Å². The average molecular weight is 278 g/mol. The van der Waals surface area contributed by atoms with Crippen molar-refractivity contribution in [2.75, 3.05) is 14.2 Å². The minimum absolute atomic E-state index is 0.104. The van der Waals surface area contributed by atoms with E-state index in [4.69, 9.17) is 9.47 Å². The first kappa shape index (κ1) is 15.9. The maximum Gasteiger partial charge on any atom is 0.416 e. The molecule has 0 fully saturated rings. The van der Waals surface area contributed by atoms with Gasteiger partial charge in [-0.25, -0.2) is 0 Å². The molecule has 0 aromatic heterocycles. The third-order valence-electron chi connectivity index (χ3n) is 2.90. The summed E-state index contributed by atoms with van der Waals surface area (Å²) < 4.78 is 48.6. The second kappa shape index (κ2) is 5.90. The molecule has 0 aliphatic heterocycles. The van der Waals surface area contributed by atoms with Gasteiger partial charge in [-0.05, 0) is 18.6 Å². The van der Waals surface area contributed by atoms with Crippen LogP contribution in [0.4, 0.5) is 13.2 Å². The van der Waals surface area contributed by atoms with Crippen LogP contribution < -0.4 is 0 Å². The highest BCUT2D eigenvalue weighted by molar-refractivity contribution is 5.34. The van der Waals surface area contributed by atoms with Crippen molar-refractivity contribution < 1.29 is 27.8 Å². The Morgan fingerprint density at radius 1 is 1.11 bits per heavy atom. The number of halogens is 3. The topological polar surface area (TPSA) is 38.7 Å². The predicted octanol–water partition coefficient (Wildman–Crippen LogP) is 2.92. The van der Waals surface area contributed by atoms with Crippen LogP contribution in [0.25, 0.3) is 0 Å². The summed E-state index contributed by atoms with van der Waals surface area (Å²) in [5, 5.41) is 10.3. The highest BCUT2D eigenvalue weighted by Gasteiger charge is 2.39. The van der Waals surface area contributed by atoms with E-state index in [1.165, 1.54) is 39.3 Å². The molecule has 1 aromatic carbocycles. The molecule has 0 saturated heterocycles. The zero-order chi connectivity index (χ0) is 14.7. The third-order valence-corrected chi connectivity index (χ3v) is 2.90. The maximum atomic E-state index is 12.9. The minimum Gasteiger partial charge on any atom is -0.385 e. The zero-order valence-electron chi connectivity index (χ0n) is 11.0. The average Bonchev–Trinajstić information content (AvgIpc) is 2.35. The molecule has 0 spiro atoms. The second-order valence-electron chi connectivity index (χ2n) is 4.42. The summed E-state index contributed by atoms with van der Waals surface area (Å²) in [5.74, 6) is 0. The van der Waals surface area contributed by atoms with Crippen LogP contribution >= 0.6 is 0 Å². The molecule has 1 aromatic rings. The number of rotatable bonds is 5. The van der Waals surface area contributed by atoms with E-state index < -0.39 is 23.6 Å². The molecule has 0 radical (unpaired) electrons. The van der Waals surface area contributed by atoms with E-state index in [1.807, 2.05) is 0 Å². The number of methoxy groups -OCH3 is 2. The molecule has 0 saturated carbocycles. The van der Waals surface area contributed by atoms with E-state index in [0.717, 1.165) is 6.07 Å². The van der Waals surface area contributed by atoms with Gasteiger partial charge in [-0.3, -0.25) is 0 Å². The molecule has 0 amide bonds. The fraction of sp³-hybridized carbons (Fsp3) is 0.538. The maximum absolute atomic E-state index is 12.9. The zero-order valence-corrected chi connectivity index (χ0v) is 11.0. The van der Waals surface area contributed by atoms with Crippen molar-refractivity contribution in [2.24, 2.45) is 0 Å². The summed E-state index contributed by atoms with van der Waals surface area (Å²) >= 11 is 0. The standard InChI is InChI=1S/C13H17F3O3/c1-12(17,8-11(18-2)19-3)9-6-4-5-7-10(9)13(14,15)16/h4-7,11,17H,8H2,1-3H3. The quantitative estimate of drug-likeness (QED) is 0.842. The molecule has 1 N–H and O–H groups in total. The lowest BCUT2D eigenvalue weighted by Gasteiger charge is -2.29. The number of alkyl halides is 3. The molecule has 1 atom stereocenters. The van der Waals surface area contributed by atoms with Gasteiger partial charge in [-0.15, -0.1) is 0 Å². The molecular weight excluding hydrogens is 261 g/mol. The van der Waals surface area contributed by atoms with Crippen LogP contribution in [0, 0.1) is 0 Å². The molecular formula is C13H17F3O3. The Morgan fingerprint density at radius 3 is 2.00 bits per heavy atom. The smallest absolute Gasteiger partial charge is 0.385 e. The molecule has 0 aliphatic rings. The number of benzene rings is 1. The van der Waals surface area contributed by atoms with Crippen molar-refractivity contribution in [1.29, 1.82) is 0 Å². The van der Waals surface area contributed by atoms with Crippen molar-refractivity contribution in [3.05, 3.63) is 35.4 Å². The molecule has 0 bridgehead atoms. The van der Waals surface area contributed by atoms with E-state index >= 15 is 0 Å². The van der Waals surface area contributed by atoms with Crippen LogP contribution in [0.1, 0.15) is 24.5 Å². The lowest BCUT2D eigenvalue weighted by atomic mass is 9.88. The van der Waals surface area contributed by atoms with Gasteiger partial charge in [0.2, 0.25) is 0 Å². The van der Waals surface area contributed by atoms with Gasteiger partial charge in [-0.2, -0.15) is 13.2 Å². The lowest BCUT2D eigenvalue weighted by Crippen LogP contribution is -2.31. The molecule has 0 heterocycles. The first-order valence-corrected chi connectivity index (χ1v) is 5.67. The third kappa shape index (κ3) is 3.92. The van der Waals surface area contributed by atoms with Crippen molar-refractivity contribution >= 4 is 0 Å². The Hall–Kier alpha value is -1.11. The molecule has 1 rings (SSSR count). The second-order valence-corrected chi connectivity index (χ2v) is 4.42. The van der Waals surface area contributed by atoms with E-state index in [9.17, 15) is 18.3 Å². The predicted molar refractivity (Wildman–Crippen MR) is 63.4 cm³/mol. The first-order valence-electron chi connectivity index (χ1n) is 5.67. The highest BCUT2D eigenvalue weighted by Crippen LogP contribution is 2.38. The molecule has 6 heteroatoms. The van der Waals surface area contributed by atoms with Gasteiger partial charge < -0.3 is 14.6 Å². The monoisotopic (exact) mass is 278 g/mol. The van der Waals surface area contributed by atoms with Gasteiger partial charge in [0, 0.05) is 20.6 Å². The summed E-state index contributed by atoms with van der Waals surface area (Å²) in [7, 11) is 2.72. The largest absolute Gasteiger partial charge is 0.416 e. The van der Waals surface area contributed by atoms with Crippen molar-refractivity contribution in [1.82, 2.24) is 0 Å². The van der Waals surface area contributed by atoms with Crippen LogP contribution in [0.5, 0.6) is 0 Å². The number of hydrogen-bond donors (Lipinski definition) is 1. The van der Waals surface area contributed by atoms with Crippen LogP contribution in [0.15, 0.2) is 24.3 Å². The van der Waals surface area contributed by atoms with Crippen LogP contribution in [-0.2, 0) is 21.3 Å². The van der Waals surface area contributed by atoms with Crippen LogP contribution in [0.2, 0.25) is 0 Å². The summed E-state index contributed by atoms with van der Waals surface area (Å²) in [6.07, 6.45) is -5.40. The molecule has 108 valence electrons. The van der Waals surface area contributed by atoms with Gasteiger partial charge >= 0.3 is 6.18 Å². The fourth-order valence-corrected chi connectivity index (χ4v) is 1.90. The Morgan fingerprint density at radius 2 is 1.58 bits per heavy atom. The van der Waals surface area contributed by atoms with Gasteiger partial charge in [0.15, 0.2) is 6.29 Å². The summed E-state index contributed by atoms with van der Waals surface area (Å²) in [5.41, 5.74) is -2.75. The number of hydrogen-bond acceptors (Lipinski definition) is 3. The molecule has 0 aliphatic carbocycles. The SMILES string of the molecule is COC(CC(C)(O)c1ccccc1C(F)(F)F)OC. The Bertz CT molecular complexity index is 412. The van der Waals surface area contributed by atoms with Crippen molar-refractivity contribution in [2.45, 2.75) is 31.4 Å². The molecule has 3 nitrogen and oxygen atoms in total. The van der Waals surface area contributed by atoms with Gasteiger partial charge in [0.1, 0.15) is 0 Å². The summed E-state index contributed by atoms with van der Waals surface area (Å²) in [6, 6.07) is 4.93. The van der Waals surface area contributed by atoms with Crippen molar-refractivity contribution in [3.63, 3.8) is 0 Å². The first-order chi connectivity index (χ1) is 8.72. The van der Waals surface area contributed by atoms with Crippen LogP contribution in [0.3, 0.4) is 0 Å².